The number of phosphoric ester groups is 1. The van der Waals surface area contributed by atoms with Gasteiger partial charge in [-0.2, -0.15) is 8.62 Å². The van der Waals surface area contributed by atoms with Gasteiger partial charge < -0.3 is 34.7 Å². The Bertz CT molecular complexity index is 1320. The lowest BCUT2D eigenvalue weighted by Crippen LogP contribution is -2.19. The van der Waals surface area contributed by atoms with Crippen molar-refractivity contribution < 1.29 is 56.3 Å². The minimum Gasteiger partial charge on any atom is -0.388 e. The molecule has 2 aromatic heterocycles. The van der Waals surface area contributed by atoms with Gasteiger partial charge in [0.15, 0.2) is 23.2 Å². The Hall–Kier alpha value is -2.01. The van der Waals surface area contributed by atoms with Gasteiger partial charge in [-0.3, -0.25) is 9.09 Å². The number of unbranched alkanes of at least 4 members (excludes halogenated alkanes) is 3. The molecule has 23 heteroatoms. The fourth-order valence-corrected chi connectivity index (χ4v) is 6.70. The van der Waals surface area contributed by atoms with Crippen LogP contribution in [0.1, 0.15) is 38.3 Å². The van der Waals surface area contributed by atoms with E-state index in [1.165, 1.54) is 17.2 Å². The van der Waals surface area contributed by atoms with Gasteiger partial charge in [-0.25, -0.2) is 28.6 Å². The van der Waals surface area contributed by atoms with Crippen LogP contribution in [0.15, 0.2) is 17.8 Å². The molecular formula is C16H28N8O12P3+. The Labute approximate surface area is 220 Å². The van der Waals surface area contributed by atoms with Crippen molar-refractivity contribution >= 4 is 40.4 Å². The van der Waals surface area contributed by atoms with E-state index >= 15 is 0 Å². The number of ether oxygens (including phenoxy) is 1. The van der Waals surface area contributed by atoms with E-state index in [0.29, 0.717) is 30.1 Å². The molecule has 20 nitrogen and oxygen atoms in total. The van der Waals surface area contributed by atoms with Crippen molar-refractivity contribution in [3.63, 3.8) is 0 Å². The van der Waals surface area contributed by atoms with Gasteiger partial charge in [-0.05, 0) is 12.8 Å². The summed E-state index contributed by atoms with van der Waals surface area (Å²) in [6.45, 7) is 0.441. The summed E-state index contributed by atoms with van der Waals surface area (Å²) in [5.74, 6) is 0.471. The molecule has 2 aromatic rings. The number of aliphatic hydroxyl groups is 1. The number of nitrogens with zero attached hydrogens (tertiary/aromatic N) is 6. The van der Waals surface area contributed by atoms with Crippen molar-refractivity contribution in [3.8, 4) is 0 Å². The first-order valence-corrected chi connectivity index (χ1v) is 15.9. The standard InChI is InChI=1S/C16H27N8O12P3/c17-23-22-6-4-2-1-3-5-18-14-13-15(20-9-19-14)24(10-21-13)16-12(25)7-11(34-16)8-33-38(29,30)36-39(31,32)35-37(26,27)28/h9-12,16-17,25H,1-8H2,(H4-,18,19,20,26,27,28,29,30,31,32)/p+1/t11-,12+,16+/m0/s1. The second-order valence-corrected chi connectivity index (χ2v) is 12.6. The van der Waals surface area contributed by atoms with Gasteiger partial charge in [0.25, 0.3) is 0 Å². The van der Waals surface area contributed by atoms with Crippen molar-refractivity contribution in [1.29, 1.82) is 5.53 Å². The largest absolute Gasteiger partial charge is 0.490 e. The number of rotatable bonds is 16. The van der Waals surface area contributed by atoms with Crippen LogP contribution >= 0.6 is 23.5 Å². The maximum atomic E-state index is 11.9. The maximum absolute atomic E-state index is 11.9. The van der Waals surface area contributed by atoms with Crippen LogP contribution in [-0.4, -0.2) is 76.1 Å². The molecule has 1 fully saturated rings. The Balaban J connectivity index is 1.56. The van der Waals surface area contributed by atoms with Crippen molar-refractivity contribution in [2.24, 2.45) is 5.11 Å². The molecule has 0 radical (unpaired) electrons. The highest BCUT2D eigenvalue weighted by Gasteiger charge is 2.42. The molecule has 0 saturated carbocycles. The number of imidazole rings is 1. The summed E-state index contributed by atoms with van der Waals surface area (Å²) in [5, 5.41) is 17.3. The summed E-state index contributed by atoms with van der Waals surface area (Å²) in [4.78, 5) is 51.7. The Morgan fingerprint density at radius 2 is 1.85 bits per heavy atom. The fraction of sp³-hybridized carbons (Fsp3) is 0.688. The van der Waals surface area contributed by atoms with Gasteiger partial charge in [0.1, 0.15) is 29.6 Å². The lowest BCUT2D eigenvalue weighted by Gasteiger charge is -2.19. The molecule has 0 amide bonds. The SMILES string of the molecule is N=[N+]=NCCCCCCNc1ncnc2c1ncn2[C@@H]1O[C@H](COP(=O)(O)OP(=O)(O)OP(=O)(O)O)C[C@H]1O. The fourth-order valence-electron chi connectivity index (χ4n) is 3.65. The lowest BCUT2D eigenvalue weighted by atomic mass is 10.2. The Morgan fingerprint density at radius 1 is 1.10 bits per heavy atom. The molecule has 5 atom stereocenters. The Morgan fingerprint density at radius 3 is 2.56 bits per heavy atom. The molecule has 39 heavy (non-hydrogen) atoms. The predicted octanol–water partition coefficient (Wildman–Crippen LogP) is 1.34. The maximum Gasteiger partial charge on any atom is 0.490 e. The van der Waals surface area contributed by atoms with Gasteiger partial charge in [-0.15, -0.1) is 0 Å². The molecule has 1 saturated heterocycles. The number of nitrogens with one attached hydrogen (secondary N) is 2. The van der Waals surface area contributed by atoms with Crippen LogP contribution in [0, 0.1) is 5.53 Å². The molecule has 0 bridgehead atoms. The van der Waals surface area contributed by atoms with Gasteiger partial charge in [0, 0.05) is 13.0 Å². The zero-order chi connectivity index (χ0) is 28.7. The first-order chi connectivity index (χ1) is 18.3. The van der Waals surface area contributed by atoms with Gasteiger partial charge >= 0.3 is 23.5 Å². The van der Waals surface area contributed by atoms with Crippen molar-refractivity contribution in [2.45, 2.75) is 50.5 Å². The third kappa shape index (κ3) is 9.84. The van der Waals surface area contributed by atoms with Crippen LogP contribution in [0.25, 0.3) is 11.2 Å². The quantitative estimate of drug-likeness (QED) is 0.0605. The lowest BCUT2D eigenvalue weighted by molar-refractivity contribution is -0.0481. The van der Waals surface area contributed by atoms with Crippen molar-refractivity contribution in [3.05, 3.63) is 12.7 Å². The monoisotopic (exact) mass is 617 g/mol. The highest BCUT2D eigenvalue weighted by atomic mass is 31.3. The molecule has 3 rings (SSSR count). The van der Waals surface area contributed by atoms with Crippen LogP contribution in [-0.2, 0) is 31.6 Å². The number of hydrogen-bond donors (Lipinski definition) is 7. The van der Waals surface area contributed by atoms with E-state index in [4.69, 9.17) is 20.1 Å². The summed E-state index contributed by atoms with van der Waals surface area (Å²) >= 11 is 0. The van der Waals surface area contributed by atoms with E-state index in [2.05, 4.69) is 43.4 Å². The van der Waals surface area contributed by atoms with E-state index in [0.717, 1.165) is 25.7 Å². The molecule has 1 aliphatic heterocycles. The number of phosphoric acid groups is 3. The van der Waals surface area contributed by atoms with Gasteiger partial charge in [-0.1, -0.05) is 12.8 Å². The zero-order valence-corrected chi connectivity index (χ0v) is 22.8. The Kier molecular flexibility index (Phi) is 11.0. The molecular weight excluding hydrogens is 589 g/mol. The van der Waals surface area contributed by atoms with Crippen LogP contribution in [0.2, 0.25) is 0 Å². The van der Waals surface area contributed by atoms with Crippen LogP contribution < -0.4 is 10.2 Å². The molecule has 218 valence electrons. The molecule has 2 unspecified atom stereocenters. The highest BCUT2D eigenvalue weighted by Crippen LogP contribution is 2.66. The van der Waals surface area contributed by atoms with E-state index in [1.807, 2.05) is 0 Å². The van der Waals surface area contributed by atoms with Gasteiger partial charge in [0.05, 0.1) is 19.0 Å². The van der Waals surface area contributed by atoms with E-state index < -0.39 is 48.5 Å². The third-order valence-electron chi connectivity index (χ3n) is 5.19. The van der Waals surface area contributed by atoms with E-state index in [1.54, 1.807) is 0 Å². The normalized spacial score (nSPS) is 22.7. The third-order valence-corrected chi connectivity index (χ3v) is 8.99. The average Bonchev–Trinajstić information content (AvgIpc) is 3.40. The smallest absolute Gasteiger partial charge is 0.388 e. The summed E-state index contributed by atoms with van der Waals surface area (Å²) in [7, 11) is -16.5. The second kappa shape index (κ2) is 13.6. The van der Waals surface area contributed by atoms with E-state index in [9.17, 15) is 28.6 Å². The first-order valence-electron chi connectivity index (χ1n) is 11.4. The molecule has 0 spiro atoms. The van der Waals surface area contributed by atoms with Crippen molar-refractivity contribution in [1.82, 2.24) is 24.4 Å². The molecule has 0 aliphatic carbocycles. The predicted molar refractivity (Wildman–Crippen MR) is 129 cm³/mol. The second-order valence-electron chi connectivity index (χ2n) is 8.19. The average molecular weight is 617 g/mol. The topological polar surface area (TPSA) is 295 Å². The number of aliphatic hydroxyl groups excluding tert-OH is 1. The number of anilines is 1. The highest BCUT2D eigenvalue weighted by molar-refractivity contribution is 7.66. The minimum absolute atomic E-state index is 0.0839. The molecule has 0 aromatic carbocycles. The van der Waals surface area contributed by atoms with Gasteiger partial charge in [0.2, 0.25) is 4.91 Å². The molecule has 7 N–H and O–H groups in total. The van der Waals surface area contributed by atoms with Crippen LogP contribution in [0.5, 0.6) is 0 Å². The molecule has 3 heterocycles. The summed E-state index contributed by atoms with van der Waals surface area (Å²) in [6.07, 6.45) is 3.04. The minimum atomic E-state index is -5.65. The first kappa shape index (κ1) is 31.5. The summed E-state index contributed by atoms with van der Waals surface area (Å²) < 4.78 is 53.1. The zero-order valence-electron chi connectivity index (χ0n) is 20.2. The van der Waals surface area contributed by atoms with Crippen molar-refractivity contribution in [2.75, 3.05) is 25.0 Å². The number of fused-ring (bicyclic) bond motifs is 1. The van der Waals surface area contributed by atoms with Crippen LogP contribution in [0.3, 0.4) is 0 Å². The van der Waals surface area contributed by atoms with E-state index in [-0.39, 0.29) is 6.42 Å². The molecule has 1 aliphatic rings. The summed E-state index contributed by atoms with van der Waals surface area (Å²) in [5.41, 5.74) is 7.37. The van der Waals surface area contributed by atoms with Crippen LogP contribution in [0.4, 0.5) is 5.82 Å². The number of aromatic nitrogens is 4. The summed E-state index contributed by atoms with van der Waals surface area (Å²) in [6, 6.07) is 0. The number of hydrogen-bond acceptors (Lipinski definition) is 14.